The van der Waals surface area contributed by atoms with Crippen LogP contribution in [0.1, 0.15) is 35.4 Å². The lowest BCUT2D eigenvalue weighted by atomic mass is 9.96. The second-order valence-corrected chi connectivity index (χ2v) is 6.88. The standard InChI is InChI=1S/C21H16ClN3O/c22-16-6-7-20-17(12-16)19-13-18(14-4-2-1-3-5-14)24-25(19)21(26-20)15-8-10-23-11-9-15/h1-12,19,21H,13H2/t19-,21-/m0/s1. The predicted octanol–water partition coefficient (Wildman–Crippen LogP) is 4.98. The summed E-state index contributed by atoms with van der Waals surface area (Å²) in [6, 6.07) is 20.1. The molecular formula is C21H16ClN3O. The number of rotatable bonds is 2. The predicted molar refractivity (Wildman–Crippen MR) is 101 cm³/mol. The van der Waals surface area contributed by atoms with Gasteiger partial charge in [-0.2, -0.15) is 5.10 Å². The Labute approximate surface area is 156 Å². The Kier molecular flexibility index (Phi) is 3.64. The van der Waals surface area contributed by atoms with Gasteiger partial charge in [0.1, 0.15) is 5.75 Å². The molecule has 5 rings (SSSR count). The molecule has 1 aromatic heterocycles. The largest absolute Gasteiger partial charge is 0.464 e. The van der Waals surface area contributed by atoms with Gasteiger partial charge in [-0.15, -0.1) is 0 Å². The Morgan fingerprint density at radius 3 is 2.62 bits per heavy atom. The summed E-state index contributed by atoms with van der Waals surface area (Å²) < 4.78 is 6.30. The number of hydrogen-bond donors (Lipinski definition) is 0. The number of ether oxygens (including phenoxy) is 1. The minimum atomic E-state index is -0.280. The number of benzene rings is 2. The summed E-state index contributed by atoms with van der Waals surface area (Å²) >= 11 is 6.25. The highest BCUT2D eigenvalue weighted by atomic mass is 35.5. The Balaban J connectivity index is 1.62. The second-order valence-electron chi connectivity index (χ2n) is 6.45. The maximum absolute atomic E-state index is 6.30. The van der Waals surface area contributed by atoms with Crippen molar-refractivity contribution < 1.29 is 4.74 Å². The molecule has 0 fully saturated rings. The van der Waals surface area contributed by atoms with E-state index in [1.807, 2.05) is 48.5 Å². The first-order valence-corrected chi connectivity index (χ1v) is 8.95. The number of hydrazone groups is 1. The minimum absolute atomic E-state index is 0.103. The Bertz CT molecular complexity index is 975. The van der Waals surface area contributed by atoms with Gasteiger partial charge in [0, 0.05) is 35.0 Å². The van der Waals surface area contributed by atoms with Crippen molar-refractivity contribution in [1.29, 1.82) is 0 Å². The molecule has 0 bridgehead atoms. The average molecular weight is 362 g/mol. The second kappa shape index (κ2) is 6.15. The smallest absolute Gasteiger partial charge is 0.213 e. The van der Waals surface area contributed by atoms with Crippen molar-refractivity contribution in [2.75, 3.05) is 0 Å². The Morgan fingerprint density at radius 1 is 1.00 bits per heavy atom. The lowest BCUT2D eigenvalue weighted by Gasteiger charge is -2.38. The van der Waals surface area contributed by atoms with Crippen LogP contribution in [0, 0.1) is 0 Å². The molecule has 2 aliphatic heterocycles. The third kappa shape index (κ3) is 2.54. The van der Waals surface area contributed by atoms with Crippen LogP contribution in [0.5, 0.6) is 5.75 Å². The molecule has 0 unspecified atom stereocenters. The van der Waals surface area contributed by atoms with Crippen molar-refractivity contribution in [2.24, 2.45) is 5.10 Å². The van der Waals surface area contributed by atoms with Crippen molar-refractivity contribution in [3.63, 3.8) is 0 Å². The fourth-order valence-corrected chi connectivity index (χ4v) is 3.79. The number of fused-ring (bicyclic) bond motifs is 3. The first-order chi connectivity index (χ1) is 12.8. The normalized spacial score (nSPS) is 20.8. The van der Waals surface area contributed by atoms with Crippen LogP contribution in [0.4, 0.5) is 0 Å². The van der Waals surface area contributed by atoms with Gasteiger partial charge in [-0.25, -0.2) is 5.01 Å². The quantitative estimate of drug-likeness (QED) is 0.646. The van der Waals surface area contributed by atoms with Gasteiger partial charge in [0.05, 0.1) is 11.8 Å². The van der Waals surface area contributed by atoms with E-state index in [1.165, 1.54) is 0 Å². The van der Waals surface area contributed by atoms with Crippen molar-refractivity contribution in [3.05, 3.63) is 94.8 Å². The zero-order valence-electron chi connectivity index (χ0n) is 13.9. The monoisotopic (exact) mass is 361 g/mol. The van der Waals surface area contributed by atoms with Crippen LogP contribution in [0.15, 0.2) is 78.2 Å². The van der Waals surface area contributed by atoms with Gasteiger partial charge in [-0.1, -0.05) is 41.9 Å². The van der Waals surface area contributed by atoms with Crippen molar-refractivity contribution in [2.45, 2.75) is 18.7 Å². The van der Waals surface area contributed by atoms with Crippen molar-refractivity contribution in [1.82, 2.24) is 9.99 Å². The molecule has 128 valence electrons. The SMILES string of the molecule is Clc1ccc2c(c1)[C@@H]1CC(c3ccccc3)=NN1[C@H](c1ccncc1)O2. The summed E-state index contributed by atoms with van der Waals surface area (Å²) in [6.45, 7) is 0. The van der Waals surface area contributed by atoms with Gasteiger partial charge in [0.15, 0.2) is 0 Å². The van der Waals surface area contributed by atoms with Crippen molar-refractivity contribution in [3.8, 4) is 5.75 Å². The van der Waals surface area contributed by atoms with Gasteiger partial charge < -0.3 is 4.74 Å². The van der Waals surface area contributed by atoms with Crippen LogP contribution in [0.2, 0.25) is 5.02 Å². The maximum atomic E-state index is 6.30. The molecule has 0 spiro atoms. The molecule has 0 aliphatic carbocycles. The Morgan fingerprint density at radius 2 is 1.81 bits per heavy atom. The lowest BCUT2D eigenvalue weighted by Crippen LogP contribution is -2.33. The number of halogens is 1. The topological polar surface area (TPSA) is 37.7 Å². The fourth-order valence-electron chi connectivity index (χ4n) is 3.61. The molecule has 3 heterocycles. The molecule has 2 aliphatic rings. The number of aromatic nitrogens is 1. The third-order valence-electron chi connectivity index (χ3n) is 4.85. The van der Waals surface area contributed by atoms with Crippen LogP contribution in [-0.4, -0.2) is 15.7 Å². The first kappa shape index (κ1) is 15.4. The van der Waals surface area contributed by atoms with E-state index in [9.17, 15) is 0 Å². The van der Waals surface area contributed by atoms with E-state index in [4.69, 9.17) is 21.4 Å². The summed E-state index contributed by atoms with van der Waals surface area (Å²) in [6.07, 6.45) is 4.10. The fraction of sp³-hybridized carbons (Fsp3) is 0.143. The van der Waals surface area contributed by atoms with Gasteiger partial charge >= 0.3 is 0 Å². The highest BCUT2D eigenvalue weighted by Crippen LogP contribution is 2.48. The summed E-state index contributed by atoms with van der Waals surface area (Å²) in [5.41, 5.74) is 4.31. The Hall–Kier alpha value is -2.85. The molecule has 4 nitrogen and oxygen atoms in total. The van der Waals surface area contributed by atoms with Crippen LogP contribution < -0.4 is 4.74 Å². The molecule has 2 atom stereocenters. The molecule has 2 aromatic carbocycles. The summed E-state index contributed by atoms with van der Waals surface area (Å²) in [4.78, 5) is 4.12. The molecule has 3 aromatic rings. The van der Waals surface area contributed by atoms with Gasteiger partial charge in [0.25, 0.3) is 0 Å². The van der Waals surface area contributed by atoms with Crippen LogP contribution in [0.25, 0.3) is 0 Å². The zero-order valence-corrected chi connectivity index (χ0v) is 14.7. The third-order valence-corrected chi connectivity index (χ3v) is 5.09. The molecule has 0 amide bonds. The number of pyridine rings is 1. The lowest BCUT2D eigenvalue weighted by molar-refractivity contribution is -0.0190. The summed E-state index contributed by atoms with van der Waals surface area (Å²) in [5.74, 6) is 0.863. The molecule has 0 radical (unpaired) electrons. The van der Waals surface area contributed by atoms with Gasteiger partial charge in [-0.3, -0.25) is 4.98 Å². The van der Waals surface area contributed by atoms with E-state index in [0.717, 1.165) is 34.6 Å². The van der Waals surface area contributed by atoms with Gasteiger partial charge in [-0.05, 0) is 35.9 Å². The van der Waals surface area contributed by atoms with E-state index in [2.05, 4.69) is 22.1 Å². The van der Waals surface area contributed by atoms with E-state index in [-0.39, 0.29) is 12.3 Å². The number of hydrogen-bond acceptors (Lipinski definition) is 4. The first-order valence-electron chi connectivity index (χ1n) is 8.57. The van der Waals surface area contributed by atoms with Crippen molar-refractivity contribution >= 4 is 17.3 Å². The van der Waals surface area contributed by atoms with E-state index < -0.39 is 0 Å². The molecule has 5 heteroatoms. The highest BCUT2D eigenvalue weighted by molar-refractivity contribution is 6.30. The van der Waals surface area contributed by atoms with Crippen LogP contribution in [0.3, 0.4) is 0 Å². The highest BCUT2D eigenvalue weighted by Gasteiger charge is 2.41. The maximum Gasteiger partial charge on any atom is 0.213 e. The minimum Gasteiger partial charge on any atom is -0.464 e. The summed E-state index contributed by atoms with van der Waals surface area (Å²) in [7, 11) is 0. The molecule has 26 heavy (non-hydrogen) atoms. The average Bonchev–Trinajstić information content (AvgIpc) is 3.15. The molecule has 0 saturated carbocycles. The van der Waals surface area contributed by atoms with Crippen LogP contribution >= 0.6 is 11.6 Å². The van der Waals surface area contributed by atoms with E-state index >= 15 is 0 Å². The number of nitrogens with zero attached hydrogens (tertiary/aromatic N) is 3. The molecular weight excluding hydrogens is 346 g/mol. The summed E-state index contributed by atoms with van der Waals surface area (Å²) in [5, 5.41) is 7.69. The van der Waals surface area contributed by atoms with Gasteiger partial charge in [0.2, 0.25) is 6.23 Å². The van der Waals surface area contributed by atoms with E-state index in [0.29, 0.717) is 5.02 Å². The van der Waals surface area contributed by atoms with E-state index in [1.54, 1.807) is 12.4 Å². The molecule has 0 N–H and O–H groups in total. The zero-order chi connectivity index (χ0) is 17.5. The molecule has 0 saturated heterocycles. The van der Waals surface area contributed by atoms with Crippen LogP contribution in [-0.2, 0) is 0 Å².